The largest absolute Gasteiger partial charge is 0.292 e. The lowest BCUT2D eigenvalue weighted by Crippen LogP contribution is -2.45. The first-order chi connectivity index (χ1) is 13.8. The first-order valence-electron chi connectivity index (χ1n) is 8.79. The molecule has 148 valence electrons. The molecule has 2 aromatic carbocycles. The molecule has 0 spiro atoms. The zero-order valence-electron chi connectivity index (χ0n) is 15.8. The molecule has 0 aliphatic carbocycles. The van der Waals surface area contributed by atoms with Gasteiger partial charge < -0.3 is 0 Å². The number of amides is 1. The van der Waals surface area contributed by atoms with Crippen LogP contribution in [0, 0.1) is 24.0 Å². The third-order valence-electron chi connectivity index (χ3n) is 4.51. The third kappa shape index (κ3) is 4.20. The van der Waals surface area contributed by atoms with E-state index in [0.29, 0.717) is 0 Å². The Bertz CT molecular complexity index is 1070. The van der Waals surface area contributed by atoms with E-state index in [4.69, 9.17) is 11.6 Å². The van der Waals surface area contributed by atoms with Gasteiger partial charge >= 0.3 is 0 Å². The number of halogens is 1. The molecule has 0 atom stereocenters. The van der Waals surface area contributed by atoms with Crippen LogP contribution >= 0.6 is 11.6 Å². The number of Topliss-reactive ketones (excluding diaryl/α,β-unsaturated/α-hetero) is 1. The van der Waals surface area contributed by atoms with Crippen molar-refractivity contribution < 1.29 is 14.5 Å². The van der Waals surface area contributed by atoms with E-state index in [1.54, 1.807) is 28.9 Å². The highest BCUT2D eigenvalue weighted by Crippen LogP contribution is 2.20. The van der Waals surface area contributed by atoms with Gasteiger partial charge in [-0.3, -0.25) is 24.4 Å². The maximum Gasteiger partial charge on any atom is 0.274 e. The molecule has 1 amide bonds. The Hall–Kier alpha value is -3.45. The summed E-state index contributed by atoms with van der Waals surface area (Å²) in [6.45, 7) is 3.41. The molecule has 1 heterocycles. The zero-order valence-corrected chi connectivity index (χ0v) is 16.6. The Balaban J connectivity index is 1.98. The molecule has 0 radical (unpaired) electrons. The van der Waals surface area contributed by atoms with E-state index < -0.39 is 10.8 Å². The summed E-state index contributed by atoms with van der Waals surface area (Å²) in [5.41, 5.74) is 2.00. The Kier molecular flexibility index (Phi) is 5.79. The molecule has 3 rings (SSSR count). The van der Waals surface area contributed by atoms with Crippen LogP contribution in [0.3, 0.4) is 0 Å². The number of carbonyl (C=O) groups excluding carboxylic acids is 2. The number of nitro benzene ring substituents is 1. The van der Waals surface area contributed by atoms with Crippen LogP contribution in [-0.2, 0) is 0 Å². The lowest BCUT2D eigenvalue weighted by molar-refractivity contribution is -0.384. The summed E-state index contributed by atoms with van der Waals surface area (Å²) >= 11 is 6.20. The number of aromatic nitrogens is 1. The van der Waals surface area contributed by atoms with Crippen molar-refractivity contribution in [3.8, 4) is 0 Å². The quantitative estimate of drug-likeness (QED) is 0.343. The summed E-state index contributed by atoms with van der Waals surface area (Å²) in [4.78, 5) is 36.4. The minimum absolute atomic E-state index is 0.109. The van der Waals surface area contributed by atoms with Crippen molar-refractivity contribution in [3.63, 3.8) is 0 Å². The van der Waals surface area contributed by atoms with E-state index in [1.807, 2.05) is 26.0 Å². The van der Waals surface area contributed by atoms with Gasteiger partial charge in [-0.25, -0.2) is 5.01 Å². The van der Waals surface area contributed by atoms with Crippen molar-refractivity contribution in [2.75, 3.05) is 11.6 Å². The van der Waals surface area contributed by atoms with Gasteiger partial charge in [0.15, 0.2) is 5.78 Å². The molecule has 3 aromatic rings. The van der Waals surface area contributed by atoms with Gasteiger partial charge in [0, 0.05) is 29.1 Å². The fourth-order valence-corrected chi connectivity index (χ4v) is 3.26. The first kappa shape index (κ1) is 20.3. The van der Waals surface area contributed by atoms with Crippen LogP contribution in [0.5, 0.6) is 0 Å². The van der Waals surface area contributed by atoms with Gasteiger partial charge in [-0.2, -0.15) is 0 Å². The van der Waals surface area contributed by atoms with Crippen LogP contribution in [0.4, 0.5) is 5.69 Å². The highest BCUT2D eigenvalue weighted by Gasteiger charge is 2.25. The number of nitrogens with zero attached hydrogens (tertiary/aromatic N) is 3. The smallest absolute Gasteiger partial charge is 0.274 e. The molecule has 0 saturated carbocycles. The number of hydrogen-bond acceptors (Lipinski definition) is 4. The molecule has 0 aliphatic heterocycles. The molecule has 0 fully saturated rings. The van der Waals surface area contributed by atoms with Crippen molar-refractivity contribution in [3.05, 3.63) is 98.3 Å². The summed E-state index contributed by atoms with van der Waals surface area (Å²) in [5, 5.41) is 12.4. The molecule has 29 heavy (non-hydrogen) atoms. The standard InChI is InChI=1S/C21H18ClN3O4/c1-14-7-8-15(2)24(14)23(21(27)18-5-3-4-6-19(18)22)13-20(26)16-9-11-17(12-10-16)25(28)29/h3-12H,13H2,1-2H3. The minimum Gasteiger partial charge on any atom is -0.292 e. The van der Waals surface area contributed by atoms with Crippen LogP contribution < -0.4 is 5.01 Å². The summed E-state index contributed by atoms with van der Waals surface area (Å²) < 4.78 is 1.66. The molecule has 0 unspecified atom stereocenters. The van der Waals surface area contributed by atoms with Gasteiger partial charge in [0.05, 0.1) is 15.5 Å². The van der Waals surface area contributed by atoms with E-state index in [9.17, 15) is 19.7 Å². The number of aryl methyl sites for hydroxylation is 2. The van der Waals surface area contributed by atoms with Crippen molar-refractivity contribution in [1.29, 1.82) is 0 Å². The van der Waals surface area contributed by atoms with Gasteiger partial charge in [-0.05, 0) is 50.2 Å². The number of carbonyl (C=O) groups is 2. The van der Waals surface area contributed by atoms with Crippen molar-refractivity contribution in [2.24, 2.45) is 0 Å². The molecule has 0 aliphatic rings. The van der Waals surface area contributed by atoms with Gasteiger partial charge in [-0.15, -0.1) is 0 Å². The topological polar surface area (TPSA) is 85.4 Å². The van der Waals surface area contributed by atoms with E-state index in [2.05, 4.69) is 0 Å². The van der Waals surface area contributed by atoms with E-state index >= 15 is 0 Å². The first-order valence-corrected chi connectivity index (χ1v) is 9.16. The van der Waals surface area contributed by atoms with Crippen LogP contribution in [0.2, 0.25) is 5.02 Å². The molecular weight excluding hydrogens is 394 g/mol. The van der Waals surface area contributed by atoms with Crippen LogP contribution in [-0.4, -0.2) is 27.8 Å². The predicted octanol–water partition coefficient (Wildman–Crippen LogP) is 4.33. The van der Waals surface area contributed by atoms with E-state index in [-0.39, 0.29) is 34.2 Å². The number of ketones is 1. The van der Waals surface area contributed by atoms with Gasteiger partial charge in [0.1, 0.15) is 6.54 Å². The molecule has 0 bridgehead atoms. The van der Waals surface area contributed by atoms with Gasteiger partial charge in [0.2, 0.25) is 0 Å². The second kappa shape index (κ2) is 8.28. The molecule has 0 saturated heterocycles. The van der Waals surface area contributed by atoms with E-state index in [1.165, 1.54) is 29.3 Å². The molecular formula is C21H18ClN3O4. The molecule has 7 nitrogen and oxygen atoms in total. The Labute approximate surface area is 172 Å². The molecule has 1 aromatic heterocycles. The third-order valence-corrected chi connectivity index (χ3v) is 4.84. The maximum absolute atomic E-state index is 13.3. The monoisotopic (exact) mass is 411 g/mol. The van der Waals surface area contributed by atoms with Gasteiger partial charge in [0.25, 0.3) is 11.6 Å². The van der Waals surface area contributed by atoms with Gasteiger partial charge in [-0.1, -0.05) is 23.7 Å². The summed E-state index contributed by atoms with van der Waals surface area (Å²) in [5.74, 6) is -0.777. The predicted molar refractivity (Wildman–Crippen MR) is 110 cm³/mol. The van der Waals surface area contributed by atoms with E-state index in [0.717, 1.165) is 11.4 Å². The highest BCUT2D eigenvalue weighted by atomic mass is 35.5. The normalized spacial score (nSPS) is 10.6. The van der Waals surface area contributed by atoms with Crippen LogP contribution in [0.25, 0.3) is 0 Å². The lowest BCUT2D eigenvalue weighted by Gasteiger charge is -2.27. The Morgan fingerprint density at radius 2 is 1.59 bits per heavy atom. The average molecular weight is 412 g/mol. The number of rotatable bonds is 6. The number of non-ortho nitro benzene ring substituents is 1. The Morgan fingerprint density at radius 1 is 1.00 bits per heavy atom. The summed E-state index contributed by atoms with van der Waals surface area (Å²) in [7, 11) is 0. The lowest BCUT2D eigenvalue weighted by atomic mass is 10.1. The number of hydrogen-bond donors (Lipinski definition) is 0. The summed E-state index contributed by atoms with van der Waals surface area (Å²) in [6.07, 6.45) is 0. The second-order valence-corrected chi connectivity index (χ2v) is 6.90. The minimum atomic E-state index is -0.534. The maximum atomic E-state index is 13.3. The average Bonchev–Trinajstić information content (AvgIpc) is 3.04. The van der Waals surface area contributed by atoms with Crippen LogP contribution in [0.1, 0.15) is 32.1 Å². The van der Waals surface area contributed by atoms with Crippen molar-refractivity contribution in [1.82, 2.24) is 4.68 Å². The molecule has 8 heteroatoms. The van der Waals surface area contributed by atoms with Crippen molar-refractivity contribution in [2.45, 2.75) is 13.8 Å². The number of benzene rings is 2. The fraction of sp³-hybridized carbons (Fsp3) is 0.143. The Morgan fingerprint density at radius 3 is 2.14 bits per heavy atom. The SMILES string of the molecule is Cc1ccc(C)n1N(CC(=O)c1ccc([N+](=O)[O-])cc1)C(=O)c1ccccc1Cl. The molecule has 0 N–H and O–H groups in total. The zero-order chi connectivity index (χ0) is 21.1. The highest BCUT2D eigenvalue weighted by molar-refractivity contribution is 6.34. The summed E-state index contributed by atoms with van der Waals surface area (Å²) in [6, 6.07) is 15.6. The van der Waals surface area contributed by atoms with Crippen LogP contribution in [0.15, 0.2) is 60.7 Å². The number of nitro groups is 1. The second-order valence-electron chi connectivity index (χ2n) is 6.50. The fourth-order valence-electron chi connectivity index (χ4n) is 3.04. The van der Waals surface area contributed by atoms with Crippen molar-refractivity contribution >= 4 is 29.0 Å².